The van der Waals surface area contributed by atoms with Gasteiger partial charge in [-0.25, -0.2) is 0 Å². The van der Waals surface area contributed by atoms with Gasteiger partial charge >= 0.3 is 0 Å². The number of hydrogen-bond donors (Lipinski definition) is 0. The van der Waals surface area contributed by atoms with Crippen LogP contribution in [0.25, 0.3) is 0 Å². The fourth-order valence-corrected chi connectivity index (χ4v) is 3.59. The van der Waals surface area contributed by atoms with Crippen molar-refractivity contribution in [2.24, 2.45) is 5.92 Å². The zero-order valence-electron chi connectivity index (χ0n) is 13.4. The maximum Gasteiger partial charge on any atom is 0.171 e. The normalized spacial score (nSPS) is 23.8. The van der Waals surface area contributed by atoms with Crippen LogP contribution >= 0.6 is 15.9 Å². The van der Waals surface area contributed by atoms with Gasteiger partial charge in [-0.3, -0.25) is 4.79 Å². The molecular weight excluding hydrogens is 330 g/mol. The molecular formula is C17H24BrNO2. The second-order valence-electron chi connectivity index (χ2n) is 6.96. The average molecular weight is 354 g/mol. The largest absolute Gasteiger partial charge is 0.361 e. The summed E-state index contributed by atoms with van der Waals surface area (Å²) in [6.07, 6.45) is 0. The molecule has 0 N–H and O–H groups in total. The first-order chi connectivity index (χ1) is 9.62. The van der Waals surface area contributed by atoms with E-state index in [2.05, 4.69) is 40.0 Å². The Balaban J connectivity index is 2.05. The molecule has 3 nitrogen and oxygen atoms in total. The zero-order chi connectivity index (χ0) is 15.8. The van der Waals surface area contributed by atoms with E-state index < -0.39 is 11.2 Å². The van der Waals surface area contributed by atoms with Gasteiger partial charge in [0.1, 0.15) is 5.60 Å². The molecule has 1 atom stereocenters. The van der Waals surface area contributed by atoms with Crippen molar-refractivity contribution in [1.82, 2.24) is 4.90 Å². The first kappa shape index (κ1) is 16.7. The summed E-state index contributed by atoms with van der Waals surface area (Å²) in [5.74, 6) is 0.109. The predicted octanol–water partition coefficient (Wildman–Crippen LogP) is 3.65. The minimum absolute atomic E-state index is 0.0929. The van der Waals surface area contributed by atoms with E-state index in [1.54, 1.807) is 0 Å². The van der Waals surface area contributed by atoms with Crippen LogP contribution in [0.5, 0.6) is 0 Å². The van der Waals surface area contributed by atoms with E-state index in [1.807, 2.05) is 39.8 Å². The van der Waals surface area contributed by atoms with Gasteiger partial charge < -0.3 is 9.64 Å². The van der Waals surface area contributed by atoms with Crippen molar-refractivity contribution in [1.29, 1.82) is 0 Å². The van der Waals surface area contributed by atoms with Crippen LogP contribution in [0.3, 0.4) is 0 Å². The molecule has 0 amide bonds. The summed E-state index contributed by atoms with van der Waals surface area (Å²) >= 11 is 3.49. The molecule has 0 aromatic heterocycles. The van der Waals surface area contributed by atoms with E-state index in [1.165, 1.54) is 5.56 Å². The average Bonchev–Trinajstić information content (AvgIpc) is 2.47. The number of ether oxygens (including phenoxy) is 1. The summed E-state index contributed by atoms with van der Waals surface area (Å²) < 4.78 is 7.03. The van der Waals surface area contributed by atoms with Crippen molar-refractivity contribution in [3.05, 3.63) is 34.3 Å². The van der Waals surface area contributed by atoms with E-state index in [0.29, 0.717) is 6.54 Å². The second-order valence-corrected chi connectivity index (χ2v) is 7.88. The summed E-state index contributed by atoms with van der Waals surface area (Å²) in [5, 5.41) is 0. The monoisotopic (exact) mass is 353 g/mol. The van der Waals surface area contributed by atoms with Crippen LogP contribution in [0.15, 0.2) is 28.7 Å². The third-order valence-electron chi connectivity index (χ3n) is 4.10. The minimum Gasteiger partial charge on any atom is -0.361 e. The standard InChI is InChI=1S/C17H24BrNO2/c1-16(2)14(15(20)17(3,4)21-16)11-19(5)10-12-7-6-8-13(18)9-12/h6-9,14H,10-11H2,1-5H3. The van der Waals surface area contributed by atoms with Crippen molar-refractivity contribution >= 4 is 21.7 Å². The molecule has 116 valence electrons. The molecule has 0 radical (unpaired) electrons. The smallest absolute Gasteiger partial charge is 0.171 e. The number of nitrogens with zero attached hydrogens (tertiary/aromatic N) is 1. The summed E-state index contributed by atoms with van der Waals surface area (Å²) in [4.78, 5) is 14.7. The molecule has 1 saturated heterocycles. The Morgan fingerprint density at radius 2 is 1.95 bits per heavy atom. The Labute approximate surface area is 135 Å². The second kappa shape index (κ2) is 5.82. The number of Topliss-reactive ketones (excluding diaryl/α,β-unsaturated/α-hetero) is 1. The molecule has 1 aromatic rings. The van der Waals surface area contributed by atoms with Crippen LogP contribution in [0.4, 0.5) is 0 Å². The first-order valence-corrected chi connectivity index (χ1v) is 8.08. The number of carbonyl (C=O) groups is 1. The molecule has 1 aromatic carbocycles. The van der Waals surface area contributed by atoms with Gasteiger partial charge in [0.15, 0.2) is 5.78 Å². The Morgan fingerprint density at radius 1 is 1.29 bits per heavy atom. The van der Waals surface area contributed by atoms with E-state index in [4.69, 9.17) is 4.74 Å². The van der Waals surface area contributed by atoms with Gasteiger partial charge in [0.05, 0.1) is 11.5 Å². The number of halogens is 1. The third-order valence-corrected chi connectivity index (χ3v) is 4.60. The maximum atomic E-state index is 12.5. The number of rotatable bonds is 4. The van der Waals surface area contributed by atoms with Gasteiger partial charge in [-0.1, -0.05) is 28.1 Å². The minimum atomic E-state index is -0.676. The zero-order valence-corrected chi connectivity index (χ0v) is 15.0. The molecule has 1 aliphatic heterocycles. The molecule has 1 fully saturated rings. The van der Waals surface area contributed by atoms with Gasteiger partial charge in [-0.15, -0.1) is 0 Å². The summed E-state index contributed by atoms with van der Waals surface area (Å²) in [6, 6.07) is 8.26. The molecule has 4 heteroatoms. The summed E-state index contributed by atoms with van der Waals surface area (Å²) in [5.41, 5.74) is 0.145. The fourth-order valence-electron chi connectivity index (χ4n) is 3.14. The van der Waals surface area contributed by atoms with Crippen LogP contribution in [0, 0.1) is 5.92 Å². The highest BCUT2D eigenvalue weighted by Gasteiger charge is 2.53. The molecule has 0 spiro atoms. The van der Waals surface area contributed by atoms with Gasteiger partial charge in [0, 0.05) is 17.6 Å². The van der Waals surface area contributed by atoms with E-state index in [9.17, 15) is 4.79 Å². The molecule has 1 unspecified atom stereocenters. The highest BCUT2D eigenvalue weighted by Crippen LogP contribution is 2.39. The molecule has 1 heterocycles. The fraction of sp³-hybridized carbons (Fsp3) is 0.588. The van der Waals surface area contributed by atoms with E-state index >= 15 is 0 Å². The van der Waals surface area contributed by atoms with Crippen molar-refractivity contribution < 1.29 is 9.53 Å². The quantitative estimate of drug-likeness (QED) is 0.827. The Morgan fingerprint density at radius 3 is 2.48 bits per heavy atom. The lowest BCUT2D eigenvalue weighted by atomic mass is 9.85. The number of ketones is 1. The van der Waals surface area contributed by atoms with E-state index in [-0.39, 0.29) is 11.7 Å². The van der Waals surface area contributed by atoms with Crippen LogP contribution in [-0.2, 0) is 16.1 Å². The predicted molar refractivity (Wildman–Crippen MR) is 88.2 cm³/mol. The first-order valence-electron chi connectivity index (χ1n) is 7.29. The van der Waals surface area contributed by atoms with Gasteiger partial charge in [-0.05, 0) is 52.4 Å². The Bertz CT molecular complexity index is 539. The molecule has 21 heavy (non-hydrogen) atoms. The summed E-state index contributed by atoms with van der Waals surface area (Å²) in [7, 11) is 2.05. The van der Waals surface area contributed by atoms with Gasteiger partial charge in [0.25, 0.3) is 0 Å². The third kappa shape index (κ3) is 3.74. The summed E-state index contributed by atoms with van der Waals surface area (Å²) in [6.45, 7) is 9.28. The lowest BCUT2D eigenvalue weighted by molar-refractivity contribution is -0.132. The topological polar surface area (TPSA) is 29.5 Å². The Hall–Kier alpha value is -0.710. The van der Waals surface area contributed by atoms with Crippen molar-refractivity contribution in [3.8, 4) is 0 Å². The number of benzene rings is 1. The van der Waals surface area contributed by atoms with Gasteiger partial charge in [0.2, 0.25) is 0 Å². The molecule has 0 aliphatic carbocycles. The van der Waals surface area contributed by atoms with E-state index in [0.717, 1.165) is 11.0 Å². The van der Waals surface area contributed by atoms with Crippen molar-refractivity contribution in [2.45, 2.75) is 45.4 Å². The van der Waals surface area contributed by atoms with Crippen LogP contribution < -0.4 is 0 Å². The lowest BCUT2D eigenvalue weighted by Gasteiger charge is -2.28. The van der Waals surface area contributed by atoms with Crippen molar-refractivity contribution in [3.63, 3.8) is 0 Å². The van der Waals surface area contributed by atoms with Crippen molar-refractivity contribution in [2.75, 3.05) is 13.6 Å². The highest BCUT2D eigenvalue weighted by atomic mass is 79.9. The molecule has 2 rings (SSSR count). The van der Waals surface area contributed by atoms with Crippen LogP contribution in [0.2, 0.25) is 0 Å². The number of carbonyl (C=O) groups excluding carboxylic acids is 1. The number of hydrogen-bond acceptors (Lipinski definition) is 3. The molecule has 1 aliphatic rings. The molecule has 0 saturated carbocycles. The van der Waals surface area contributed by atoms with Crippen LogP contribution in [0.1, 0.15) is 33.3 Å². The van der Waals surface area contributed by atoms with Gasteiger partial charge in [-0.2, -0.15) is 0 Å². The highest BCUT2D eigenvalue weighted by molar-refractivity contribution is 9.10. The lowest BCUT2D eigenvalue weighted by Crippen LogP contribution is -2.39. The maximum absolute atomic E-state index is 12.5. The SMILES string of the molecule is CN(Cc1cccc(Br)c1)CC1C(=O)C(C)(C)OC1(C)C. The Kier molecular flexibility index (Phi) is 4.62. The molecule has 0 bridgehead atoms. The van der Waals surface area contributed by atoms with Crippen LogP contribution in [-0.4, -0.2) is 35.5 Å².